The summed E-state index contributed by atoms with van der Waals surface area (Å²) < 4.78 is 80.5. The lowest BCUT2D eigenvalue weighted by Crippen LogP contribution is -2.21. The van der Waals surface area contributed by atoms with E-state index in [0.717, 1.165) is 21.0 Å². The van der Waals surface area contributed by atoms with Crippen LogP contribution >= 0.6 is 0 Å². The van der Waals surface area contributed by atoms with E-state index in [9.17, 15) is 31.2 Å². The lowest BCUT2D eigenvalue weighted by Gasteiger charge is -2.19. The highest BCUT2D eigenvalue weighted by atomic mass is 32.3. The number of aromatic amines is 1. The number of aromatic nitrogens is 1. The highest BCUT2D eigenvalue weighted by Gasteiger charge is 2.40. The summed E-state index contributed by atoms with van der Waals surface area (Å²) in [5.74, 6) is -2.42. The molecule has 0 fully saturated rings. The first-order valence-corrected chi connectivity index (χ1v) is 8.17. The van der Waals surface area contributed by atoms with Gasteiger partial charge >= 0.3 is 16.6 Å². The molecular weight excluding hydrogens is 383 g/mol. The van der Waals surface area contributed by atoms with E-state index in [1.54, 1.807) is 0 Å². The first-order chi connectivity index (χ1) is 11.8. The predicted molar refractivity (Wildman–Crippen MR) is 83.0 cm³/mol. The molecule has 2 N–H and O–H groups in total. The number of ether oxygens (including phenoxy) is 1. The van der Waals surface area contributed by atoms with Gasteiger partial charge in [-0.05, 0) is 19.4 Å². The lowest BCUT2D eigenvalue weighted by molar-refractivity contribution is -0.137. The van der Waals surface area contributed by atoms with Crippen LogP contribution in [0.25, 0.3) is 10.9 Å². The van der Waals surface area contributed by atoms with Crippen molar-refractivity contribution in [1.29, 1.82) is 0 Å². The van der Waals surface area contributed by atoms with Crippen molar-refractivity contribution >= 4 is 27.1 Å². The highest BCUT2D eigenvalue weighted by Crippen LogP contribution is 2.45. The molecule has 1 aromatic heterocycles. The van der Waals surface area contributed by atoms with Crippen molar-refractivity contribution < 1.29 is 39.9 Å². The normalized spacial score (nSPS) is 12.3. The molecule has 0 spiro atoms. The van der Waals surface area contributed by atoms with E-state index in [0.29, 0.717) is 6.07 Å². The maximum absolute atomic E-state index is 13.6. The third-order valence-corrected chi connectivity index (χ3v) is 3.91. The van der Waals surface area contributed by atoms with Gasteiger partial charge in [-0.1, -0.05) is 0 Å². The Balaban J connectivity index is 3.18. The van der Waals surface area contributed by atoms with Crippen molar-refractivity contribution in [2.45, 2.75) is 20.0 Å². The molecule has 2 rings (SSSR count). The minimum absolute atomic E-state index is 0.345. The van der Waals surface area contributed by atoms with Gasteiger partial charge in [0.25, 0.3) is 5.56 Å². The molecule has 142 valence electrons. The van der Waals surface area contributed by atoms with Crippen LogP contribution in [0.1, 0.15) is 28.4 Å². The molecule has 0 atom stereocenters. The van der Waals surface area contributed by atoms with E-state index in [1.807, 2.05) is 0 Å². The Morgan fingerprint density at radius 3 is 2.27 bits per heavy atom. The minimum atomic E-state index is -5.30. The van der Waals surface area contributed by atoms with Gasteiger partial charge in [-0.15, -0.1) is 0 Å². The Labute approximate surface area is 144 Å². The number of carbonyl (C=O) groups is 1. The zero-order valence-electron chi connectivity index (χ0n) is 13.5. The third kappa shape index (κ3) is 3.51. The summed E-state index contributed by atoms with van der Waals surface area (Å²) in [5, 5.41) is -0.694. The van der Waals surface area contributed by atoms with Crippen molar-refractivity contribution in [3.05, 3.63) is 33.1 Å². The molecule has 0 aliphatic carbocycles. The van der Waals surface area contributed by atoms with Crippen LogP contribution in [0.4, 0.5) is 13.2 Å². The number of hydrogen-bond acceptors (Lipinski definition) is 6. The minimum Gasteiger partial charge on any atom is -0.494 e. The van der Waals surface area contributed by atoms with Gasteiger partial charge < -0.3 is 13.9 Å². The van der Waals surface area contributed by atoms with Crippen LogP contribution in [0, 0.1) is 6.92 Å². The van der Waals surface area contributed by atoms with Crippen LogP contribution < -0.4 is 14.5 Å². The first kappa shape index (κ1) is 19.7. The number of benzene rings is 1. The Morgan fingerprint density at radius 1 is 1.27 bits per heavy atom. The van der Waals surface area contributed by atoms with Crippen molar-refractivity contribution in [3.63, 3.8) is 0 Å². The largest absolute Gasteiger partial charge is 0.494 e. The number of rotatable bonds is 4. The van der Waals surface area contributed by atoms with Gasteiger partial charge in [0.1, 0.15) is 11.3 Å². The second-order valence-corrected chi connectivity index (χ2v) is 6.24. The number of aryl methyl sites for hydroxylation is 1. The molecule has 1 aromatic carbocycles. The lowest BCUT2D eigenvalue weighted by atomic mass is 9.96. The number of Topliss-reactive ketones (excluding diaryl/α,β-unsaturated/α-hetero) is 1. The Morgan fingerprint density at radius 2 is 1.85 bits per heavy atom. The SMILES string of the molecule is COc1cc(OS(=O)(=O)O)c(C(F)(F)F)c2c(C)c(C(C)=O)c(=O)[nH]c12. The molecule has 0 unspecified atom stereocenters. The number of methoxy groups -OCH3 is 1. The molecule has 0 aliphatic rings. The molecule has 0 amide bonds. The zero-order chi connectivity index (χ0) is 20.0. The number of H-pyrrole nitrogens is 1. The standard InChI is InChI=1S/C14H12F3NO7S/c1-5-9(6(2)19)13(20)18-12-8(24-3)4-7(25-26(21,22)23)11(10(5)12)14(15,16)17/h4H,1-3H3,(H,18,20)(H,21,22,23). The monoisotopic (exact) mass is 395 g/mol. The molecule has 1 heterocycles. The molecule has 0 saturated carbocycles. The number of hydrogen-bond donors (Lipinski definition) is 2. The van der Waals surface area contributed by atoms with E-state index in [4.69, 9.17) is 9.29 Å². The third-order valence-electron chi connectivity index (χ3n) is 3.52. The molecule has 0 aliphatic heterocycles. The van der Waals surface area contributed by atoms with Gasteiger partial charge in [0.2, 0.25) is 0 Å². The Kier molecular flexibility index (Phi) is 4.77. The number of halogens is 3. The summed E-state index contributed by atoms with van der Waals surface area (Å²) in [7, 11) is -4.23. The van der Waals surface area contributed by atoms with Crippen LogP contribution in [0.15, 0.2) is 10.9 Å². The fourth-order valence-electron chi connectivity index (χ4n) is 2.65. The van der Waals surface area contributed by atoms with Crippen LogP contribution in [-0.4, -0.2) is 30.8 Å². The quantitative estimate of drug-likeness (QED) is 0.601. The second-order valence-electron chi connectivity index (χ2n) is 5.22. The molecule has 12 heteroatoms. The zero-order valence-corrected chi connectivity index (χ0v) is 14.3. The van der Waals surface area contributed by atoms with Gasteiger partial charge in [0.15, 0.2) is 11.5 Å². The number of alkyl halides is 3. The number of ketones is 1. The van der Waals surface area contributed by atoms with E-state index >= 15 is 0 Å². The second kappa shape index (κ2) is 6.29. The topological polar surface area (TPSA) is 123 Å². The van der Waals surface area contributed by atoms with E-state index in [1.165, 1.54) is 0 Å². The fraction of sp³-hybridized carbons (Fsp3) is 0.286. The average molecular weight is 395 g/mol. The number of carbonyl (C=O) groups excluding carboxylic acids is 1. The highest BCUT2D eigenvalue weighted by molar-refractivity contribution is 7.81. The molecular formula is C14H12F3NO7S. The van der Waals surface area contributed by atoms with Gasteiger partial charge in [0.05, 0.1) is 18.2 Å². The van der Waals surface area contributed by atoms with Gasteiger partial charge in [-0.2, -0.15) is 21.6 Å². The summed E-state index contributed by atoms with van der Waals surface area (Å²) in [6, 6.07) is 0.557. The smallest absolute Gasteiger partial charge is 0.446 e. The molecule has 2 aromatic rings. The maximum Gasteiger partial charge on any atom is 0.446 e. The van der Waals surface area contributed by atoms with Crippen LogP contribution in [0.3, 0.4) is 0 Å². The van der Waals surface area contributed by atoms with Gasteiger partial charge in [-0.3, -0.25) is 14.1 Å². The maximum atomic E-state index is 13.6. The summed E-state index contributed by atoms with van der Waals surface area (Å²) in [6.07, 6.45) is -5.15. The molecule has 0 radical (unpaired) electrons. The fourth-order valence-corrected chi connectivity index (χ4v) is 3.01. The van der Waals surface area contributed by atoms with Crippen molar-refractivity contribution in [2.75, 3.05) is 7.11 Å². The molecule has 26 heavy (non-hydrogen) atoms. The summed E-state index contributed by atoms with van der Waals surface area (Å²) >= 11 is 0. The van der Waals surface area contributed by atoms with Crippen molar-refractivity contribution in [1.82, 2.24) is 4.98 Å². The van der Waals surface area contributed by atoms with Crippen molar-refractivity contribution in [2.24, 2.45) is 0 Å². The number of pyridine rings is 1. The van der Waals surface area contributed by atoms with E-state index in [-0.39, 0.29) is 11.3 Å². The van der Waals surface area contributed by atoms with Crippen LogP contribution in [-0.2, 0) is 16.6 Å². The predicted octanol–water partition coefficient (Wildman–Crippen LogP) is 2.25. The Hall–Kier alpha value is -2.60. The van der Waals surface area contributed by atoms with Gasteiger partial charge in [0, 0.05) is 11.5 Å². The van der Waals surface area contributed by atoms with E-state index in [2.05, 4.69) is 9.17 Å². The Bertz CT molecular complexity index is 1070. The first-order valence-electron chi connectivity index (χ1n) is 6.80. The summed E-state index contributed by atoms with van der Waals surface area (Å²) in [5.41, 5.74) is -3.81. The van der Waals surface area contributed by atoms with Crippen molar-refractivity contribution in [3.8, 4) is 11.5 Å². The number of nitrogens with one attached hydrogen (secondary N) is 1. The summed E-state index contributed by atoms with van der Waals surface area (Å²) in [4.78, 5) is 25.9. The van der Waals surface area contributed by atoms with Gasteiger partial charge in [-0.25, -0.2) is 0 Å². The molecule has 8 nitrogen and oxygen atoms in total. The number of fused-ring (bicyclic) bond motifs is 1. The molecule has 0 bridgehead atoms. The van der Waals surface area contributed by atoms with Crippen LogP contribution in [0.5, 0.6) is 11.5 Å². The summed E-state index contributed by atoms with van der Waals surface area (Å²) in [6.45, 7) is 2.09. The van der Waals surface area contributed by atoms with E-state index < -0.39 is 55.7 Å². The molecule has 0 saturated heterocycles. The van der Waals surface area contributed by atoms with Crippen LogP contribution in [0.2, 0.25) is 0 Å². The average Bonchev–Trinajstić information content (AvgIpc) is 2.43.